The second kappa shape index (κ2) is 7.46. The van der Waals surface area contributed by atoms with E-state index in [1.807, 2.05) is 18.2 Å². The number of carbonyl (C=O) groups is 1. The van der Waals surface area contributed by atoms with Crippen molar-refractivity contribution in [2.24, 2.45) is 0 Å². The van der Waals surface area contributed by atoms with Crippen molar-refractivity contribution in [2.75, 3.05) is 13.1 Å². The SMILES string of the molecule is O=C(c1cccn2c(Cl)cnc12)N1CCC(F)(F)[C@@H](Oc2ccc3ccccc3n2)C1. The average Bonchev–Trinajstić information content (AvgIpc) is 3.15. The molecular formula is C22H17ClF2N4O2. The van der Waals surface area contributed by atoms with Gasteiger partial charge in [-0.25, -0.2) is 18.7 Å². The summed E-state index contributed by atoms with van der Waals surface area (Å²) in [5.41, 5.74) is 1.32. The van der Waals surface area contributed by atoms with Gasteiger partial charge in [0.05, 0.1) is 23.8 Å². The van der Waals surface area contributed by atoms with Gasteiger partial charge in [0.2, 0.25) is 5.88 Å². The van der Waals surface area contributed by atoms with Gasteiger partial charge in [0.15, 0.2) is 11.8 Å². The minimum absolute atomic E-state index is 0.0909. The van der Waals surface area contributed by atoms with Crippen LogP contribution in [0.25, 0.3) is 16.6 Å². The smallest absolute Gasteiger partial charge is 0.287 e. The molecule has 31 heavy (non-hydrogen) atoms. The second-order valence-corrected chi connectivity index (χ2v) is 7.79. The van der Waals surface area contributed by atoms with Crippen LogP contribution in [-0.2, 0) is 0 Å². The molecule has 0 N–H and O–H groups in total. The zero-order valence-corrected chi connectivity index (χ0v) is 17.0. The maximum atomic E-state index is 14.6. The number of likely N-dealkylation sites (tertiary alicyclic amines) is 1. The van der Waals surface area contributed by atoms with Crippen molar-refractivity contribution in [2.45, 2.75) is 18.4 Å². The van der Waals surface area contributed by atoms with Crippen LogP contribution in [-0.4, -0.2) is 50.3 Å². The van der Waals surface area contributed by atoms with Crippen molar-refractivity contribution in [3.8, 4) is 5.88 Å². The third kappa shape index (κ3) is 3.57. The van der Waals surface area contributed by atoms with Crippen LogP contribution in [0.1, 0.15) is 16.8 Å². The number of para-hydroxylation sites is 1. The molecule has 0 aliphatic carbocycles. The molecule has 0 unspecified atom stereocenters. The molecule has 1 aliphatic heterocycles. The summed E-state index contributed by atoms with van der Waals surface area (Å²) in [5, 5.41) is 1.24. The predicted octanol–water partition coefficient (Wildman–Crippen LogP) is 4.46. The Balaban J connectivity index is 1.41. The van der Waals surface area contributed by atoms with Gasteiger partial charge in [-0.3, -0.25) is 9.20 Å². The van der Waals surface area contributed by atoms with E-state index in [1.165, 1.54) is 11.1 Å². The van der Waals surface area contributed by atoms with Gasteiger partial charge in [-0.05, 0) is 24.3 Å². The summed E-state index contributed by atoms with van der Waals surface area (Å²) in [5.74, 6) is -3.39. The van der Waals surface area contributed by atoms with Crippen LogP contribution < -0.4 is 4.74 Å². The number of pyridine rings is 2. The lowest BCUT2D eigenvalue weighted by molar-refractivity contribution is -0.131. The van der Waals surface area contributed by atoms with Crippen LogP contribution in [0, 0.1) is 0 Å². The molecule has 1 amide bonds. The van der Waals surface area contributed by atoms with Gasteiger partial charge in [0.25, 0.3) is 11.8 Å². The van der Waals surface area contributed by atoms with Crippen LogP contribution in [0.2, 0.25) is 5.15 Å². The minimum atomic E-state index is -3.09. The Morgan fingerprint density at radius 1 is 1.16 bits per heavy atom. The van der Waals surface area contributed by atoms with Gasteiger partial charge in [-0.15, -0.1) is 0 Å². The number of fused-ring (bicyclic) bond motifs is 2. The van der Waals surface area contributed by atoms with E-state index in [0.717, 1.165) is 5.39 Å². The summed E-state index contributed by atoms with van der Waals surface area (Å²) in [6.07, 6.45) is 1.11. The average molecular weight is 443 g/mol. The van der Waals surface area contributed by atoms with E-state index >= 15 is 0 Å². The Labute approximate surface area is 181 Å². The van der Waals surface area contributed by atoms with Gasteiger partial charge >= 0.3 is 0 Å². The number of halogens is 3. The van der Waals surface area contributed by atoms with E-state index in [2.05, 4.69) is 9.97 Å². The van der Waals surface area contributed by atoms with Crippen LogP contribution in [0.3, 0.4) is 0 Å². The second-order valence-electron chi connectivity index (χ2n) is 7.41. The van der Waals surface area contributed by atoms with Crippen molar-refractivity contribution in [1.82, 2.24) is 19.3 Å². The van der Waals surface area contributed by atoms with Gasteiger partial charge in [0, 0.05) is 30.6 Å². The lowest BCUT2D eigenvalue weighted by Crippen LogP contribution is -2.55. The van der Waals surface area contributed by atoms with Crippen LogP contribution in [0.15, 0.2) is 60.9 Å². The number of aromatic nitrogens is 3. The van der Waals surface area contributed by atoms with Crippen molar-refractivity contribution in [1.29, 1.82) is 0 Å². The van der Waals surface area contributed by atoms with Crippen molar-refractivity contribution >= 4 is 34.1 Å². The first-order chi connectivity index (χ1) is 14.9. The number of carbonyl (C=O) groups excluding carboxylic acids is 1. The van der Waals surface area contributed by atoms with Crippen molar-refractivity contribution in [3.05, 3.63) is 71.6 Å². The number of benzene rings is 1. The summed E-state index contributed by atoms with van der Waals surface area (Å²) >= 11 is 6.08. The first kappa shape index (κ1) is 19.7. The van der Waals surface area contributed by atoms with Crippen molar-refractivity contribution < 1.29 is 18.3 Å². The monoisotopic (exact) mass is 442 g/mol. The Morgan fingerprint density at radius 2 is 2.00 bits per heavy atom. The van der Waals surface area contributed by atoms with Gasteiger partial charge < -0.3 is 9.64 Å². The summed E-state index contributed by atoms with van der Waals surface area (Å²) in [6.45, 7) is -0.359. The van der Waals surface area contributed by atoms with Crippen LogP contribution >= 0.6 is 11.6 Å². The number of amides is 1. The van der Waals surface area contributed by atoms with Crippen molar-refractivity contribution in [3.63, 3.8) is 0 Å². The number of rotatable bonds is 3. The Bertz CT molecular complexity index is 1290. The van der Waals surface area contributed by atoms with E-state index in [-0.39, 0.29) is 19.0 Å². The molecule has 1 aromatic carbocycles. The quantitative estimate of drug-likeness (QED) is 0.470. The molecule has 1 atom stereocenters. The molecule has 0 radical (unpaired) electrons. The summed E-state index contributed by atoms with van der Waals surface area (Å²) in [6, 6.07) is 14.0. The first-order valence-corrected chi connectivity index (χ1v) is 10.1. The largest absolute Gasteiger partial charge is 0.466 e. The van der Waals surface area contributed by atoms with E-state index in [9.17, 15) is 13.6 Å². The number of nitrogens with zero attached hydrogens (tertiary/aromatic N) is 4. The standard InChI is InChI=1S/C22H17ClF2N4O2/c23-18-12-26-20-15(5-3-10-29(18)20)21(30)28-11-9-22(24,25)17(13-28)31-19-8-7-14-4-1-2-6-16(14)27-19/h1-8,10,12,17H,9,11,13H2/t17-/m0/s1. The van der Waals surface area contributed by atoms with E-state index in [1.54, 1.807) is 40.9 Å². The molecule has 0 spiro atoms. The summed E-state index contributed by atoms with van der Waals surface area (Å²) < 4.78 is 36.4. The van der Waals surface area contributed by atoms with Gasteiger partial charge in [-0.2, -0.15) is 0 Å². The zero-order valence-electron chi connectivity index (χ0n) is 16.2. The molecule has 1 saturated heterocycles. The number of ether oxygens (including phenoxy) is 1. The molecular weight excluding hydrogens is 426 g/mol. The summed E-state index contributed by atoms with van der Waals surface area (Å²) in [4.78, 5) is 23.0. The normalized spacial score (nSPS) is 18.4. The molecule has 4 aromatic rings. The van der Waals surface area contributed by atoms with Crippen LogP contribution in [0.4, 0.5) is 8.78 Å². The summed E-state index contributed by atoms with van der Waals surface area (Å²) in [7, 11) is 0. The highest BCUT2D eigenvalue weighted by Gasteiger charge is 2.47. The minimum Gasteiger partial charge on any atom is -0.466 e. The molecule has 6 nitrogen and oxygen atoms in total. The number of imidazole rings is 1. The maximum Gasteiger partial charge on any atom is 0.287 e. The van der Waals surface area contributed by atoms with E-state index < -0.39 is 24.4 Å². The molecule has 3 aromatic heterocycles. The first-order valence-electron chi connectivity index (χ1n) is 9.73. The third-order valence-electron chi connectivity index (χ3n) is 5.42. The molecule has 1 fully saturated rings. The molecule has 9 heteroatoms. The highest BCUT2D eigenvalue weighted by Crippen LogP contribution is 2.32. The van der Waals surface area contributed by atoms with E-state index in [4.69, 9.17) is 16.3 Å². The maximum absolute atomic E-state index is 14.6. The lowest BCUT2D eigenvalue weighted by atomic mass is 10.0. The molecule has 5 rings (SSSR count). The number of hydrogen-bond donors (Lipinski definition) is 0. The molecule has 1 aliphatic rings. The Kier molecular flexibility index (Phi) is 4.74. The Morgan fingerprint density at radius 3 is 2.87 bits per heavy atom. The Hall–Kier alpha value is -3.26. The van der Waals surface area contributed by atoms with E-state index in [0.29, 0.717) is 21.9 Å². The fourth-order valence-corrected chi connectivity index (χ4v) is 3.94. The van der Waals surface area contributed by atoms with Crippen LogP contribution in [0.5, 0.6) is 5.88 Å². The molecule has 4 heterocycles. The molecule has 0 bridgehead atoms. The van der Waals surface area contributed by atoms with Gasteiger partial charge in [-0.1, -0.05) is 29.8 Å². The lowest BCUT2D eigenvalue weighted by Gasteiger charge is -2.38. The number of alkyl halides is 2. The predicted molar refractivity (Wildman–Crippen MR) is 112 cm³/mol. The van der Waals surface area contributed by atoms with Gasteiger partial charge in [0.1, 0.15) is 5.15 Å². The number of piperidine rings is 1. The highest BCUT2D eigenvalue weighted by atomic mass is 35.5. The fourth-order valence-electron chi connectivity index (χ4n) is 3.75. The fraction of sp³-hybridized carbons (Fsp3) is 0.227. The third-order valence-corrected chi connectivity index (χ3v) is 5.70. The number of hydrogen-bond acceptors (Lipinski definition) is 4. The highest BCUT2D eigenvalue weighted by molar-refractivity contribution is 6.29. The topological polar surface area (TPSA) is 59.7 Å². The molecule has 158 valence electrons. The zero-order chi connectivity index (χ0) is 21.6. The molecule has 0 saturated carbocycles.